The topological polar surface area (TPSA) is 51.8 Å². The van der Waals surface area contributed by atoms with Gasteiger partial charge in [-0.2, -0.15) is 0 Å². The summed E-state index contributed by atoms with van der Waals surface area (Å²) in [5.41, 5.74) is 5.96. The number of nitrogens with two attached hydrogens (primary N) is 1. The molecule has 0 amide bonds. The summed E-state index contributed by atoms with van der Waals surface area (Å²) in [4.78, 5) is 0. The van der Waals surface area contributed by atoms with Gasteiger partial charge in [-0.15, -0.1) is 10.2 Å². The first-order valence-electron chi connectivity index (χ1n) is 8.35. The Labute approximate surface area is 128 Å². The Hall–Kier alpha value is -0.480. The Kier molecular flexibility index (Phi) is 9.85. The van der Waals surface area contributed by atoms with Crippen LogP contribution in [0.5, 0.6) is 0 Å². The van der Waals surface area contributed by atoms with Gasteiger partial charge in [0.05, 0.1) is 6.04 Å². The lowest BCUT2D eigenvalue weighted by molar-refractivity contribution is 0.564. The van der Waals surface area contributed by atoms with Gasteiger partial charge in [0.25, 0.3) is 0 Å². The van der Waals surface area contributed by atoms with Crippen LogP contribution in [0.2, 0.25) is 0 Å². The lowest BCUT2D eigenvalue weighted by Crippen LogP contribution is -2.07. The number of hydrogen-bond acceptors (Lipinski definition) is 4. The Morgan fingerprint density at radius 2 is 1.50 bits per heavy atom. The van der Waals surface area contributed by atoms with Crippen molar-refractivity contribution >= 4 is 11.3 Å². The second-order valence-electron chi connectivity index (χ2n) is 5.63. The Morgan fingerprint density at radius 3 is 2.10 bits per heavy atom. The molecule has 1 aromatic heterocycles. The van der Waals surface area contributed by atoms with Crippen LogP contribution in [0, 0.1) is 0 Å². The molecule has 4 heteroatoms. The molecule has 3 nitrogen and oxygen atoms in total. The maximum absolute atomic E-state index is 5.96. The van der Waals surface area contributed by atoms with Gasteiger partial charge in [0.2, 0.25) is 0 Å². The molecule has 0 saturated heterocycles. The summed E-state index contributed by atoms with van der Waals surface area (Å²) < 4.78 is 0. The third kappa shape index (κ3) is 7.34. The fourth-order valence-electron chi connectivity index (χ4n) is 2.28. The van der Waals surface area contributed by atoms with Crippen molar-refractivity contribution in [2.24, 2.45) is 5.73 Å². The van der Waals surface area contributed by atoms with Crippen molar-refractivity contribution in [2.45, 2.75) is 90.5 Å². The lowest BCUT2D eigenvalue weighted by atomic mass is 10.1. The molecule has 0 fully saturated rings. The van der Waals surface area contributed by atoms with Crippen molar-refractivity contribution in [3.63, 3.8) is 0 Å². The SMILES string of the molecule is CCCCCCCCCCCc1nnc(C(N)CC)s1. The minimum Gasteiger partial charge on any atom is -0.322 e. The van der Waals surface area contributed by atoms with Gasteiger partial charge in [-0.3, -0.25) is 0 Å². The van der Waals surface area contributed by atoms with E-state index in [4.69, 9.17) is 5.73 Å². The first-order chi connectivity index (χ1) is 9.77. The van der Waals surface area contributed by atoms with Crippen LogP contribution in [0.1, 0.15) is 94.1 Å². The molecule has 0 aromatic carbocycles. The van der Waals surface area contributed by atoms with Gasteiger partial charge in [0.1, 0.15) is 10.0 Å². The third-order valence-corrected chi connectivity index (χ3v) is 4.85. The molecule has 0 bridgehead atoms. The molecule has 0 aliphatic rings. The largest absolute Gasteiger partial charge is 0.322 e. The summed E-state index contributed by atoms with van der Waals surface area (Å²) in [6.45, 7) is 4.36. The molecule has 1 rings (SSSR count). The zero-order chi connectivity index (χ0) is 14.6. The monoisotopic (exact) mass is 297 g/mol. The zero-order valence-corrected chi connectivity index (χ0v) is 14.1. The molecule has 1 unspecified atom stereocenters. The molecule has 0 aliphatic heterocycles. The van der Waals surface area contributed by atoms with Crippen molar-refractivity contribution in [1.82, 2.24) is 10.2 Å². The average molecular weight is 298 g/mol. The van der Waals surface area contributed by atoms with Crippen molar-refractivity contribution in [3.05, 3.63) is 10.0 Å². The minimum absolute atomic E-state index is 0.0735. The molecule has 1 atom stereocenters. The smallest absolute Gasteiger partial charge is 0.134 e. The first kappa shape index (κ1) is 17.6. The highest BCUT2D eigenvalue weighted by Crippen LogP contribution is 2.20. The molecule has 20 heavy (non-hydrogen) atoms. The van der Waals surface area contributed by atoms with Gasteiger partial charge in [0.15, 0.2) is 0 Å². The predicted octanol–water partition coefficient (Wildman–Crippen LogP) is 5.02. The summed E-state index contributed by atoms with van der Waals surface area (Å²) >= 11 is 1.70. The molecule has 116 valence electrons. The van der Waals surface area contributed by atoms with Crippen LogP contribution < -0.4 is 5.73 Å². The second-order valence-corrected chi connectivity index (χ2v) is 6.72. The van der Waals surface area contributed by atoms with E-state index in [1.165, 1.54) is 57.8 Å². The van der Waals surface area contributed by atoms with Crippen LogP contribution >= 0.6 is 11.3 Å². The molecular formula is C16H31N3S. The van der Waals surface area contributed by atoms with E-state index in [9.17, 15) is 0 Å². The van der Waals surface area contributed by atoms with E-state index in [-0.39, 0.29) is 6.04 Å². The highest BCUT2D eigenvalue weighted by atomic mass is 32.1. The maximum atomic E-state index is 5.96. The predicted molar refractivity (Wildman–Crippen MR) is 88.1 cm³/mol. The van der Waals surface area contributed by atoms with E-state index < -0.39 is 0 Å². The van der Waals surface area contributed by atoms with Crippen LogP contribution in [0.25, 0.3) is 0 Å². The summed E-state index contributed by atoms with van der Waals surface area (Å²) in [7, 11) is 0. The quantitative estimate of drug-likeness (QED) is 0.551. The van der Waals surface area contributed by atoms with Gasteiger partial charge in [-0.05, 0) is 12.8 Å². The van der Waals surface area contributed by atoms with E-state index in [1.807, 2.05) is 0 Å². The molecular weight excluding hydrogens is 266 g/mol. The first-order valence-corrected chi connectivity index (χ1v) is 9.17. The van der Waals surface area contributed by atoms with E-state index in [2.05, 4.69) is 24.0 Å². The molecule has 0 radical (unpaired) electrons. The van der Waals surface area contributed by atoms with Crippen molar-refractivity contribution in [1.29, 1.82) is 0 Å². The highest BCUT2D eigenvalue weighted by Gasteiger charge is 2.09. The third-order valence-electron chi connectivity index (χ3n) is 3.73. The van der Waals surface area contributed by atoms with E-state index >= 15 is 0 Å². The fourth-order valence-corrected chi connectivity index (χ4v) is 3.25. The Morgan fingerprint density at radius 1 is 0.900 bits per heavy atom. The van der Waals surface area contributed by atoms with Gasteiger partial charge < -0.3 is 5.73 Å². The van der Waals surface area contributed by atoms with E-state index in [0.717, 1.165) is 22.9 Å². The second kappa shape index (κ2) is 11.2. The van der Waals surface area contributed by atoms with Crippen LogP contribution in [0.4, 0.5) is 0 Å². The number of unbranched alkanes of at least 4 members (excludes halogenated alkanes) is 8. The normalized spacial score (nSPS) is 12.8. The summed E-state index contributed by atoms with van der Waals surface area (Å²) in [6, 6.07) is 0.0735. The molecule has 1 heterocycles. The van der Waals surface area contributed by atoms with Crippen LogP contribution in [0.3, 0.4) is 0 Å². The zero-order valence-electron chi connectivity index (χ0n) is 13.2. The minimum atomic E-state index is 0.0735. The highest BCUT2D eigenvalue weighted by molar-refractivity contribution is 7.11. The molecule has 0 spiro atoms. The Bertz CT molecular complexity index is 338. The van der Waals surface area contributed by atoms with Crippen LogP contribution in [0.15, 0.2) is 0 Å². The van der Waals surface area contributed by atoms with Gasteiger partial charge in [0, 0.05) is 6.42 Å². The van der Waals surface area contributed by atoms with E-state index in [0.29, 0.717) is 0 Å². The Balaban J connectivity index is 2.00. The maximum Gasteiger partial charge on any atom is 0.134 e. The number of aromatic nitrogens is 2. The molecule has 2 N–H and O–H groups in total. The standard InChI is InChI=1S/C16H31N3S/c1-3-5-6-7-8-9-10-11-12-13-15-18-19-16(20-15)14(17)4-2/h14H,3-13,17H2,1-2H3. The summed E-state index contributed by atoms with van der Waals surface area (Å²) in [5.74, 6) is 0. The van der Waals surface area contributed by atoms with Crippen molar-refractivity contribution < 1.29 is 0 Å². The van der Waals surface area contributed by atoms with Gasteiger partial charge in [-0.1, -0.05) is 76.6 Å². The van der Waals surface area contributed by atoms with Crippen LogP contribution in [-0.4, -0.2) is 10.2 Å². The average Bonchev–Trinajstić information content (AvgIpc) is 2.93. The molecule has 0 aliphatic carbocycles. The summed E-state index contributed by atoms with van der Waals surface area (Å²) in [5, 5.41) is 10.6. The molecule has 0 saturated carbocycles. The van der Waals surface area contributed by atoms with E-state index in [1.54, 1.807) is 11.3 Å². The van der Waals surface area contributed by atoms with Crippen molar-refractivity contribution in [2.75, 3.05) is 0 Å². The van der Waals surface area contributed by atoms with Crippen molar-refractivity contribution in [3.8, 4) is 0 Å². The number of hydrogen-bond donors (Lipinski definition) is 1. The fraction of sp³-hybridized carbons (Fsp3) is 0.875. The van der Waals surface area contributed by atoms with Crippen LogP contribution in [-0.2, 0) is 6.42 Å². The molecule has 1 aromatic rings. The lowest BCUT2D eigenvalue weighted by Gasteiger charge is -2.01. The number of nitrogens with zero attached hydrogens (tertiary/aromatic N) is 2. The number of rotatable bonds is 12. The number of aryl methyl sites for hydroxylation is 1. The van der Waals surface area contributed by atoms with Gasteiger partial charge in [-0.25, -0.2) is 0 Å². The summed E-state index contributed by atoms with van der Waals surface area (Å²) in [6.07, 6.45) is 14.3. The van der Waals surface area contributed by atoms with Gasteiger partial charge >= 0.3 is 0 Å².